The van der Waals surface area contributed by atoms with Gasteiger partial charge in [-0.05, 0) is 42.5 Å². The molecule has 1 aliphatic carbocycles. The van der Waals surface area contributed by atoms with Crippen LogP contribution in [0, 0.1) is 0 Å². The van der Waals surface area contributed by atoms with Crippen LogP contribution in [0.5, 0.6) is 0 Å². The molecule has 1 aromatic carbocycles. The van der Waals surface area contributed by atoms with E-state index in [1.807, 2.05) is 25.4 Å². The summed E-state index contributed by atoms with van der Waals surface area (Å²) >= 11 is 1.09. The summed E-state index contributed by atoms with van der Waals surface area (Å²) in [5.41, 5.74) is 4.93. The van der Waals surface area contributed by atoms with E-state index < -0.39 is 12.6 Å². The Labute approximate surface area is 221 Å². The summed E-state index contributed by atoms with van der Waals surface area (Å²) in [4.78, 5) is 16.0. The molecule has 1 saturated carbocycles. The zero-order valence-electron chi connectivity index (χ0n) is 20.7. The lowest BCUT2D eigenvalue weighted by molar-refractivity contribution is -0.126. The summed E-state index contributed by atoms with van der Waals surface area (Å²) in [6.07, 6.45) is 2.72. The van der Waals surface area contributed by atoms with E-state index in [4.69, 9.17) is 4.42 Å². The molecule has 4 aromatic heterocycles. The zero-order valence-corrected chi connectivity index (χ0v) is 21.5. The standard InChI is InChI=1S/C28H26F3N5OS/c1-36(26-23-12-22(13-28(29,30)31)38-27(23)35-16-34-26)21-7-6-20(11-21)32-14-17-2-4-18(5-3-17)19-10-25-24(33-15-19)8-9-37-25/h2-5,8-10,12,15-16,20-21,32H,6-7,11,13-14H2,1H3/t20-,21+/m0/s1. The maximum absolute atomic E-state index is 12.9. The van der Waals surface area contributed by atoms with Crippen molar-refractivity contribution in [2.24, 2.45) is 0 Å². The molecular formula is C28H26F3N5OS. The molecule has 38 heavy (non-hydrogen) atoms. The fraction of sp³-hybridized carbons (Fsp3) is 0.321. The summed E-state index contributed by atoms with van der Waals surface area (Å²) in [6, 6.07) is 14.5. The molecule has 1 fully saturated rings. The smallest absolute Gasteiger partial charge is 0.393 e. The number of alkyl halides is 3. The molecule has 0 spiro atoms. The van der Waals surface area contributed by atoms with Crippen LogP contribution >= 0.6 is 11.3 Å². The topological polar surface area (TPSA) is 67.1 Å². The number of furan rings is 1. The molecule has 5 aromatic rings. The van der Waals surface area contributed by atoms with Gasteiger partial charge in [-0.2, -0.15) is 13.2 Å². The second kappa shape index (κ2) is 9.99. The number of nitrogens with one attached hydrogen (secondary N) is 1. The molecule has 0 saturated heterocycles. The molecule has 1 aliphatic rings. The minimum atomic E-state index is -4.24. The quantitative estimate of drug-likeness (QED) is 0.248. The van der Waals surface area contributed by atoms with Crippen LogP contribution in [0.1, 0.15) is 29.7 Å². The first-order valence-corrected chi connectivity index (χ1v) is 13.3. The third kappa shape index (κ3) is 5.23. The lowest BCUT2D eigenvalue weighted by Gasteiger charge is -2.26. The number of fused-ring (bicyclic) bond motifs is 2. The van der Waals surface area contributed by atoms with E-state index in [-0.39, 0.29) is 10.9 Å². The van der Waals surface area contributed by atoms with Gasteiger partial charge in [0.15, 0.2) is 5.58 Å². The first-order chi connectivity index (χ1) is 18.3. The summed E-state index contributed by atoms with van der Waals surface area (Å²) in [6.45, 7) is 0.764. The third-order valence-corrected chi connectivity index (χ3v) is 8.25. The highest BCUT2D eigenvalue weighted by Crippen LogP contribution is 2.36. The van der Waals surface area contributed by atoms with Crippen molar-refractivity contribution in [2.45, 2.75) is 50.5 Å². The predicted octanol–water partition coefficient (Wildman–Crippen LogP) is 6.75. The molecule has 0 aliphatic heterocycles. The molecular weight excluding hydrogens is 511 g/mol. The van der Waals surface area contributed by atoms with Gasteiger partial charge < -0.3 is 14.6 Å². The van der Waals surface area contributed by atoms with E-state index in [2.05, 4.69) is 49.4 Å². The normalized spacial score (nSPS) is 18.0. The number of aromatic nitrogens is 3. The van der Waals surface area contributed by atoms with E-state index in [1.54, 1.807) is 12.3 Å². The van der Waals surface area contributed by atoms with Crippen LogP contribution in [-0.2, 0) is 13.0 Å². The van der Waals surface area contributed by atoms with Crippen LogP contribution in [0.2, 0.25) is 0 Å². The second-order valence-corrected chi connectivity index (χ2v) is 10.9. The molecule has 0 bridgehead atoms. The monoisotopic (exact) mass is 537 g/mol. The maximum Gasteiger partial charge on any atom is 0.393 e. The third-order valence-electron chi connectivity index (χ3n) is 7.21. The Balaban J connectivity index is 1.07. The summed E-state index contributed by atoms with van der Waals surface area (Å²) < 4.78 is 44.2. The second-order valence-electron chi connectivity index (χ2n) is 9.80. The average Bonchev–Trinajstić information content (AvgIpc) is 3.65. The van der Waals surface area contributed by atoms with Crippen molar-refractivity contribution in [3.05, 3.63) is 71.7 Å². The number of pyridine rings is 1. The van der Waals surface area contributed by atoms with Gasteiger partial charge in [0.25, 0.3) is 0 Å². The van der Waals surface area contributed by atoms with Gasteiger partial charge in [-0.25, -0.2) is 9.97 Å². The number of anilines is 1. The van der Waals surface area contributed by atoms with Crippen molar-refractivity contribution in [1.82, 2.24) is 20.3 Å². The van der Waals surface area contributed by atoms with Gasteiger partial charge in [0.1, 0.15) is 22.5 Å². The number of benzene rings is 1. The fourth-order valence-corrected chi connectivity index (χ4v) is 6.23. The molecule has 1 N–H and O–H groups in total. The largest absolute Gasteiger partial charge is 0.463 e. The van der Waals surface area contributed by atoms with Crippen molar-refractivity contribution in [1.29, 1.82) is 0 Å². The Morgan fingerprint density at radius 1 is 1.05 bits per heavy atom. The van der Waals surface area contributed by atoms with Crippen LogP contribution in [0.25, 0.3) is 32.4 Å². The first-order valence-electron chi connectivity index (χ1n) is 12.5. The van der Waals surface area contributed by atoms with Gasteiger partial charge in [0.2, 0.25) is 0 Å². The molecule has 196 valence electrons. The van der Waals surface area contributed by atoms with Crippen LogP contribution < -0.4 is 10.2 Å². The Morgan fingerprint density at radius 2 is 1.89 bits per heavy atom. The van der Waals surface area contributed by atoms with Gasteiger partial charge in [-0.1, -0.05) is 24.3 Å². The minimum absolute atomic E-state index is 0.253. The molecule has 0 radical (unpaired) electrons. The number of hydrogen-bond acceptors (Lipinski definition) is 7. The predicted molar refractivity (Wildman–Crippen MR) is 143 cm³/mol. The number of thiophene rings is 1. The van der Waals surface area contributed by atoms with Crippen molar-refractivity contribution in [3.8, 4) is 11.1 Å². The van der Waals surface area contributed by atoms with Crippen molar-refractivity contribution in [2.75, 3.05) is 11.9 Å². The molecule has 0 unspecified atom stereocenters. The van der Waals surface area contributed by atoms with E-state index in [0.29, 0.717) is 22.1 Å². The van der Waals surface area contributed by atoms with Gasteiger partial charge in [0.05, 0.1) is 18.1 Å². The SMILES string of the molecule is CN(c1ncnc2sc(CC(F)(F)F)cc12)[C@@H]1CC[C@H](NCc2ccc(-c3cnc4ccoc4c3)cc2)C1. The van der Waals surface area contributed by atoms with Crippen molar-refractivity contribution >= 4 is 38.5 Å². The molecule has 10 heteroatoms. The number of halogens is 3. The van der Waals surface area contributed by atoms with Crippen molar-refractivity contribution < 1.29 is 17.6 Å². The highest BCUT2D eigenvalue weighted by Gasteiger charge is 2.31. The highest BCUT2D eigenvalue weighted by molar-refractivity contribution is 7.18. The summed E-state index contributed by atoms with van der Waals surface area (Å²) in [7, 11) is 1.98. The summed E-state index contributed by atoms with van der Waals surface area (Å²) in [5, 5.41) is 4.36. The molecule has 6 rings (SSSR count). The Hall–Kier alpha value is -3.50. The Kier molecular flexibility index (Phi) is 6.53. The Bertz CT molecular complexity index is 1560. The van der Waals surface area contributed by atoms with E-state index >= 15 is 0 Å². The highest BCUT2D eigenvalue weighted by atomic mass is 32.1. The average molecular weight is 538 g/mol. The van der Waals surface area contributed by atoms with Crippen LogP contribution in [-0.4, -0.2) is 40.3 Å². The lowest BCUT2D eigenvalue weighted by atomic mass is 10.1. The fourth-order valence-electron chi connectivity index (χ4n) is 5.21. The van der Waals surface area contributed by atoms with Crippen molar-refractivity contribution in [3.63, 3.8) is 0 Å². The van der Waals surface area contributed by atoms with E-state index in [9.17, 15) is 13.2 Å². The molecule has 2 atom stereocenters. The number of nitrogens with zero attached hydrogens (tertiary/aromatic N) is 4. The van der Waals surface area contributed by atoms with Crippen LogP contribution in [0.3, 0.4) is 0 Å². The van der Waals surface area contributed by atoms with Gasteiger partial charge >= 0.3 is 6.18 Å². The minimum Gasteiger partial charge on any atom is -0.463 e. The number of rotatable bonds is 7. The summed E-state index contributed by atoms with van der Waals surface area (Å²) in [5.74, 6) is 0.697. The molecule has 6 nitrogen and oxygen atoms in total. The molecule has 4 heterocycles. The van der Waals surface area contributed by atoms with Crippen LogP contribution in [0.4, 0.5) is 19.0 Å². The van der Waals surface area contributed by atoms with Crippen LogP contribution in [0.15, 0.2) is 65.7 Å². The molecule has 0 amide bonds. The van der Waals surface area contributed by atoms with E-state index in [1.165, 1.54) is 11.9 Å². The van der Waals surface area contributed by atoms with Gasteiger partial charge in [-0.15, -0.1) is 11.3 Å². The Morgan fingerprint density at radius 3 is 2.71 bits per heavy atom. The first kappa shape index (κ1) is 24.8. The van der Waals surface area contributed by atoms with E-state index in [0.717, 1.165) is 59.4 Å². The lowest BCUT2D eigenvalue weighted by Crippen LogP contribution is -2.33. The van der Waals surface area contributed by atoms with Gasteiger partial charge in [0, 0.05) is 48.4 Å². The van der Waals surface area contributed by atoms with Gasteiger partial charge in [-0.3, -0.25) is 4.98 Å². The number of hydrogen-bond donors (Lipinski definition) is 1. The maximum atomic E-state index is 12.9. The zero-order chi connectivity index (χ0) is 26.3.